The fraction of sp³-hybridized carbons (Fsp3) is 0.440. The number of anilines is 1. The van der Waals surface area contributed by atoms with E-state index in [1.165, 1.54) is 41.6 Å². The summed E-state index contributed by atoms with van der Waals surface area (Å²) in [6.45, 7) is 4.24. The molecule has 1 saturated heterocycles. The van der Waals surface area contributed by atoms with Crippen LogP contribution in [-0.2, 0) is 16.0 Å². The number of carbonyl (C=O) groups is 2. The van der Waals surface area contributed by atoms with Gasteiger partial charge in [0.15, 0.2) is 0 Å². The second-order valence-electron chi connectivity index (χ2n) is 7.99. The van der Waals surface area contributed by atoms with Gasteiger partial charge in [0.2, 0.25) is 11.8 Å². The monoisotopic (exact) mass is 458 g/mol. The smallest absolute Gasteiger partial charge is 0.234 e. The molecule has 0 radical (unpaired) electrons. The van der Waals surface area contributed by atoms with Crippen molar-refractivity contribution in [1.29, 1.82) is 0 Å². The Morgan fingerprint density at radius 2 is 1.75 bits per heavy atom. The number of piperidine rings is 1. The fourth-order valence-corrected chi connectivity index (χ4v) is 4.53. The number of rotatable bonds is 10. The predicted octanol–water partition coefficient (Wildman–Crippen LogP) is 4.77. The molecule has 5 nitrogen and oxygen atoms in total. The Kier molecular flexibility index (Phi) is 9.41. The number of likely N-dealkylation sites (tertiary alicyclic amines) is 1. The average molecular weight is 459 g/mol. The molecule has 1 heterocycles. The Hall–Kier alpha value is -2.54. The summed E-state index contributed by atoms with van der Waals surface area (Å²) in [5.41, 5.74) is 1.87. The highest BCUT2D eigenvalue weighted by Crippen LogP contribution is 2.24. The number of hydrogen-bond acceptors (Lipinski definition) is 4. The zero-order valence-electron chi connectivity index (χ0n) is 18.5. The molecule has 2 aromatic rings. The molecule has 0 atom stereocenters. The first-order chi connectivity index (χ1) is 15.5. The lowest BCUT2D eigenvalue weighted by molar-refractivity contribution is -0.129. The standard InChI is InChI=1S/C25H31FN2O3S/c1-2-31-23-11-5-19(6-12-23)3-4-20-13-15-28(16-14-20)25(30)18-32-17-24(29)27-22-9-7-21(26)8-10-22/h5-12,20H,2-4,13-18H2,1H3,(H,27,29). The lowest BCUT2D eigenvalue weighted by atomic mass is 9.90. The van der Waals surface area contributed by atoms with Crippen LogP contribution in [0.25, 0.3) is 0 Å². The first-order valence-corrected chi connectivity index (χ1v) is 12.3. The van der Waals surface area contributed by atoms with Gasteiger partial charge in [0, 0.05) is 18.8 Å². The quantitative estimate of drug-likeness (QED) is 0.557. The molecule has 0 unspecified atom stereocenters. The summed E-state index contributed by atoms with van der Waals surface area (Å²) >= 11 is 1.31. The largest absolute Gasteiger partial charge is 0.494 e. The van der Waals surface area contributed by atoms with E-state index in [0.29, 0.717) is 24.0 Å². The molecule has 172 valence electrons. The molecule has 1 fully saturated rings. The number of halogens is 1. The van der Waals surface area contributed by atoms with Crippen LogP contribution in [0.4, 0.5) is 10.1 Å². The molecule has 2 aromatic carbocycles. The molecule has 7 heteroatoms. The normalized spacial score (nSPS) is 14.2. The van der Waals surface area contributed by atoms with Crippen molar-refractivity contribution in [2.24, 2.45) is 5.92 Å². The summed E-state index contributed by atoms with van der Waals surface area (Å²) in [4.78, 5) is 26.4. The molecule has 0 aromatic heterocycles. The van der Waals surface area contributed by atoms with E-state index in [-0.39, 0.29) is 23.4 Å². The Morgan fingerprint density at radius 3 is 2.41 bits per heavy atom. The summed E-state index contributed by atoms with van der Waals surface area (Å²) < 4.78 is 18.4. The molecule has 0 spiro atoms. The number of amides is 2. The number of nitrogens with zero attached hydrogens (tertiary/aromatic N) is 1. The van der Waals surface area contributed by atoms with E-state index in [1.807, 2.05) is 24.0 Å². The maximum Gasteiger partial charge on any atom is 0.234 e. The molecule has 1 aliphatic rings. The summed E-state index contributed by atoms with van der Waals surface area (Å²) in [6, 6.07) is 13.9. The summed E-state index contributed by atoms with van der Waals surface area (Å²) in [5.74, 6) is 1.60. The van der Waals surface area contributed by atoms with Crippen molar-refractivity contribution in [3.05, 3.63) is 59.9 Å². The number of carbonyl (C=O) groups excluding carboxylic acids is 2. The minimum atomic E-state index is -0.345. The Bertz CT molecular complexity index is 866. The van der Waals surface area contributed by atoms with Crippen molar-refractivity contribution in [3.8, 4) is 5.75 Å². The maximum atomic E-state index is 12.9. The SMILES string of the molecule is CCOc1ccc(CCC2CCN(C(=O)CSCC(=O)Nc3ccc(F)cc3)CC2)cc1. The highest BCUT2D eigenvalue weighted by atomic mass is 32.2. The third-order valence-corrected chi connectivity index (χ3v) is 6.55. The van der Waals surface area contributed by atoms with Crippen LogP contribution in [0.3, 0.4) is 0 Å². The van der Waals surface area contributed by atoms with Gasteiger partial charge < -0.3 is 15.0 Å². The molecular formula is C25H31FN2O3S. The Morgan fingerprint density at radius 1 is 1.06 bits per heavy atom. The van der Waals surface area contributed by atoms with Crippen LogP contribution in [0.5, 0.6) is 5.75 Å². The van der Waals surface area contributed by atoms with Crippen molar-refractivity contribution >= 4 is 29.3 Å². The second-order valence-corrected chi connectivity index (χ2v) is 8.97. The topological polar surface area (TPSA) is 58.6 Å². The first kappa shape index (κ1) is 24.1. The van der Waals surface area contributed by atoms with Crippen LogP contribution >= 0.6 is 11.8 Å². The lowest BCUT2D eigenvalue weighted by Crippen LogP contribution is -2.39. The summed E-state index contributed by atoms with van der Waals surface area (Å²) in [5, 5.41) is 2.71. The van der Waals surface area contributed by atoms with Crippen molar-refractivity contribution < 1.29 is 18.7 Å². The van der Waals surface area contributed by atoms with E-state index in [2.05, 4.69) is 17.4 Å². The fourth-order valence-electron chi connectivity index (χ4n) is 3.81. The molecule has 0 bridgehead atoms. The average Bonchev–Trinajstić information content (AvgIpc) is 2.80. The number of hydrogen-bond donors (Lipinski definition) is 1. The lowest BCUT2D eigenvalue weighted by Gasteiger charge is -2.32. The van der Waals surface area contributed by atoms with Gasteiger partial charge in [-0.25, -0.2) is 4.39 Å². The molecule has 32 heavy (non-hydrogen) atoms. The molecule has 3 rings (SSSR count). The third kappa shape index (κ3) is 7.86. The number of ether oxygens (including phenoxy) is 1. The van der Waals surface area contributed by atoms with E-state index >= 15 is 0 Å². The van der Waals surface area contributed by atoms with E-state index in [1.54, 1.807) is 0 Å². The molecule has 2 amide bonds. The zero-order chi connectivity index (χ0) is 22.8. The molecule has 1 N–H and O–H groups in total. The third-order valence-electron chi connectivity index (χ3n) is 5.63. The maximum absolute atomic E-state index is 12.9. The van der Waals surface area contributed by atoms with Gasteiger partial charge in [-0.1, -0.05) is 12.1 Å². The van der Waals surface area contributed by atoms with Crippen LogP contribution < -0.4 is 10.1 Å². The minimum absolute atomic E-state index is 0.0922. The molecular weight excluding hydrogens is 427 g/mol. The Labute approximate surface area is 193 Å². The minimum Gasteiger partial charge on any atom is -0.494 e. The van der Waals surface area contributed by atoms with Gasteiger partial charge in [-0.3, -0.25) is 9.59 Å². The van der Waals surface area contributed by atoms with Gasteiger partial charge in [-0.15, -0.1) is 11.8 Å². The van der Waals surface area contributed by atoms with Crippen LogP contribution in [0.15, 0.2) is 48.5 Å². The number of benzene rings is 2. The van der Waals surface area contributed by atoms with Crippen molar-refractivity contribution in [3.63, 3.8) is 0 Å². The van der Waals surface area contributed by atoms with E-state index < -0.39 is 0 Å². The summed E-state index contributed by atoms with van der Waals surface area (Å²) in [7, 11) is 0. The van der Waals surface area contributed by atoms with Gasteiger partial charge in [0.05, 0.1) is 18.1 Å². The van der Waals surface area contributed by atoms with Gasteiger partial charge in [-0.2, -0.15) is 0 Å². The second kappa shape index (κ2) is 12.5. The first-order valence-electron chi connectivity index (χ1n) is 11.2. The van der Waals surface area contributed by atoms with Gasteiger partial charge in [-0.05, 0) is 80.5 Å². The number of thioether (sulfide) groups is 1. The van der Waals surface area contributed by atoms with Crippen LogP contribution in [-0.4, -0.2) is 47.9 Å². The molecule has 1 aliphatic heterocycles. The summed E-state index contributed by atoms with van der Waals surface area (Å²) in [6.07, 6.45) is 4.23. The zero-order valence-corrected chi connectivity index (χ0v) is 19.3. The highest BCUT2D eigenvalue weighted by Gasteiger charge is 2.22. The van der Waals surface area contributed by atoms with Crippen LogP contribution in [0, 0.1) is 11.7 Å². The predicted molar refractivity (Wildman–Crippen MR) is 128 cm³/mol. The van der Waals surface area contributed by atoms with Gasteiger partial charge >= 0.3 is 0 Å². The van der Waals surface area contributed by atoms with E-state index in [9.17, 15) is 14.0 Å². The molecule has 0 saturated carbocycles. The van der Waals surface area contributed by atoms with Crippen molar-refractivity contribution in [1.82, 2.24) is 4.90 Å². The van der Waals surface area contributed by atoms with Crippen molar-refractivity contribution in [2.75, 3.05) is 36.5 Å². The van der Waals surface area contributed by atoms with E-state index in [0.717, 1.165) is 44.5 Å². The van der Waals surface area contributed by atoms with Crippen LogP contribution in [0.1, 0.15) is 31.7 Å². The highest BCUT2D eigenvalue weighted by molar-refractivity contribution is 8.00. The van der Waals surface area contributed by atoms with Crippen LogP contribution in [0.2, 0.25) is 0 Å². The van der Waals surface area contributed by atoms with Crippen molar-refractivity contribution in [2.45, 2.75) is 32.6 Å². The van der Waals surface area contributed by atoms with Gasteiger partial charge in [0.25, 0.3) is 0 Å². The van der Waals surface area contributed by atoms with Gasteiger partial charge in [0.1, 0.15) is 11.6 Å². The number of aryl methyl sites for hydroxylation is 1. The molecule has 0 aliphatic carbocycles. The number of nitrogens with one attached hydrogen (secondary N) is 1. The Balaban J connectivity index is 1.30. The van der Waals surface area contributed by atoms with E-state index in [4.69, 9.17) is 4.74 Å².